The van der Waals surface area contributed by atoms with Gasteiger partial charge in [-0.15, -0.1) is 0 Å². The van der Waals surface area contributed by atoms with Crippen LogP contribution in [0.15, 0.2) is 58.7 Å². The zero-order valence-electron chi connectivity index (χ0n) is 15.5. The molecule has 1 aromatic carbocycles. The molecule has 0 fully saturated rings. The maximum absolute atomic E-state index is 12.3. The van der Waals surface area contributed by atoms with Crippen LogP contribution in [0.1, 0.15) is 6.92 Å². The lowest BCUT2D eigenvalue weighted by molar-refractivity contribution is -0.385. The van der Waals surface area contributed by atoms with Gasteiger partial charge in [-0.3, -0.25) is 15.1 Å². The number of nitrogens with zero attached hydrogens (tertiary/aromatic N) is 3. The Bertz CT molecular complexity index is 896. The molecule has 0 bridgehead atoms. The Morgan fingerprint density at radius 2 is 1.93 bits per heavy atom. The quantitative estimate of drug-likeness (QED) is 0.176. The molecule has 0 saturated heterocycles. The number of aromatic nitrogens is 1. The molecule has 0 aliphatic rings. The van der Waals surface area contributed by atoms with Crippen molar-refractivity contribution in [3.8, 4) is 0 Å². The average molecular weight is 408 g/mol. The van der Waals surface area contributed by atoms with Crippen molar-refractivity contribution in [2.24, 2.45) is 4.99 Å². The fraction of sp³-hybridized carbons (Fsp3) is 0.353. The fourth-order valence-electron chi connectivity index (χ4n) is 2.36. The summed E-state index contributed by atoms with van der Waals surface area (Å²) < 4.78 is 29.0. The number of nitro benzene ring substituents is 1. The minimum absolute atomic E-state index is 0.0687. The van der Waals surface area contributed by atoms with Crippen molar-refractivity contribution < 1.29 is 13.3 Å². The average Bonchev–Trinajstić information content (AvgIpc) is 3.18. The highest BCUT2D eigenvalue weighted by atomic mass is 32.2. The molecule has 0 saturated carbocycles. The minimum atomic E-state index is -3.84. The first-order chi connectivity index (χ1) is 13.4. The molecule has 0 spiro atoms. The van der Waals surface area contributed by atoms with Gasteiger partial charge in [-0.2, -0.15) is 0 Å². The zero-order chi connectivity index (χ0) is 20.4. The summed E-state index contributed by atoms with van der Waals surface area (Å²) in [5.74, 6) is 0.587. The normalized spacial score (nSPS) is 12.0. The van der Waals surface area contributed by atoms with Crippen LogP contribution in [0.2, 0.25) is 0 Å². The Morgan fingerprint density at radius 1 is 1.18 bits per heavy atom. The lowest BCUT2D eigenvalue weighted by atomic mass is 10.3. The van der Waals surface area contributed by atoms with E-state index in [1.54, 1.807) is 0 Å². The van der Waals surface area contributed by atoms with Gasteiger partial charge in [0.05, 0.1) is 16.4 Å². The highest BCUT2D eigenvalue weighted by Gasteiger charge is 2.16. The van der Waals surface area contributed by atoms with E-state index in [9.17, 15) is 18.5 Å². The predicted molar refractivity (Wildman–Crippen MR) is 107 cm³/mol. The molecular weight excluding hydrogens is 384 g/mol. The second kappa shape index (κ2) is 10.4. The number of non-ortho nitro benzene ring substituents is 1. The summed E-state index contributed by atoms with van der Waals surface area (Å²) >= 11 is 0. The largest absolute Gasteiger partial charge is 0.357 e. The third-order valence-corrected chi connectivity index (χ3v) is 5.14. The Balaban J connectivity index is 1.86. The number of rotatable bonds is 10. The number of hydrogen-bond donors (Lipinski definition) is 3. The molecule has 2 aromatic rings. The maximum Gasteiger partial charge on any atom is 0.270 e. The zero-order valence-corrected chi connectivity index (χ0v) is 16.4. The molecular formula is C17H24N6O4S. The van der Waals surface area contributed by atoms with Gasteiger partial charge >= 0.3 is 0 Å². The van der Waals surface area contributed by atoms with E-state index in [-0.39, 0.29) is 23.7 Å². The van der Waals surface area contributed by atoms with Crippen molar-refractivity contribution in [3.63, 3.8) is 0 Å². The summed E-state index contributed by atoms with van der Waals surface area (Å²) in [4.78, 5) is 14.3. The molecule has 2 rings (SSSR count). The van der Waals surface area contributed by atoms with Crippen molar-refractivity contribution in [2.75, 3.05) is 26.2 Å². The van der Waals surface area contributed by atoms with E-state index >= 15 is 0 Å². The van der Waals surface area contributed by atoms with E-state index in [4.69, 9.17) is 0 Å². The van der Waals surface area contributed by atoms with E-state index in [0.29, 0.717) is 19.0 Å². The van der Waals surface area contributed by atoms with Crippen LogP contribution in [0.5, 0.6) is 0 Å². The van der Waals surface area contributed by atoms with Gasteiger partial charge in [0, 0.05) is 50.7 Å². The first-order valence-electron chi connectivity index (χ1n) is 8.79. The SMILES string of the molecule is CCNC(=NCCNS(=O)(=O)c1cccc([N+](=O)[O-])c1)NCCn1cccc1. The van der Waals surface area contributed by atoms with Gasteiger partial charge in [-0.05, 0) is 25.1 Å². The number of aliphatic imine (C=N–C) groups is 1. The van der Waals surface area contributed by atoms with E-state index < -0.39 is 14.9 Å². The van der Waals surface area contributed by atoms with E-state index in [2.05, 4.69) is 20.3 Å². The number of hydrogen-bond acceptors (Lipinski definition) is 5. The van der Waals surface area contributed by atoms with E-state index in [0.717, 1.165) is 12.6 Å². The number of nitro groups is 1. The molecule has 0 amide bonds. The monoisotopic (exact) mass is 408 g/mol. The van der Waals surface area contributed by atoms with Crippen LogP contribution in [-0.4, -0.2) is 50.0 Å². The van der Waals surface area contributed by atoms with Crippen molar-refractivity contribution in [3.05, 3.63) is 58.9 Å². The molecule has 0 unspecified atom stereocenters. The van der Waals surface area contributed by atoms with Crippen LogP contribution < -0.4 is 15.4 Å². The molecule has 152 valence electrons. The number of guanidine groups is 1. The second-order valence-electron chi connectivity index (χ2n) is 5.76. The van der Waals surface area contributed by atoms with Crippen LogP contribution >= 0.6 is 0 Å². The smallest absolute Gasteiger partial charge is 0.270 e. The summed E-state index contributed by atoms with van der Waals surface area (Å²) in [6, 6.07) is 8.82. The Labute approximate surface area is 163 Å². The van der Waals surface area contributed by atoms with Gasteiger partial charge < -0.3 is 15.2 Å². The van der Waals surface area contributed by atoms with Crippen molar-refractivity contribution in [2.45, 2.75) is 18.4 Å². The van der Waals surface area contributed by atoms with Gasteiger partial charge in [-0.25, -0.2) is 13.1 Å². The van der Waals surface area contributed by atoms with Gasteiger partial charge in [0.25, 0.3) is 5.69 Å². The Hall–Kier alpha value is -2.92. The second-order valence-corrected chi connectivity index (χ2v) is 7.53. The van der Waals surface area contributed by atoms with Gasteiger partial charge in [0.2, 0.25) is 10.0 Å². The molecule has 11 heteroatoms. The molecule has 0 atom stereocenters. The minimum Gasteiger partial charge on any atom is -0.357 e. The predicted octanol–water partition coefficient (Wildman–Crippen LogP) is 0.930. The molecule has 1 heterocycles. The molecule has 0 radical (unpaired) electrons. The number of benzene rings is 1. The molecule has 3 N–H and O–H groups in total. The third-order valence-electron chi connectivity index (χ3n) is 3.69. The molecule has 1 aromatic heterocycles. The summed E-state index contributed by atoms with van der Waals surface area (Å²) in [5, 5.41) is 17.1. The summed E-state index contributed by atoms with van der Waals surface area (Å²) in [6.45, 7) is 4.34. The number of nitrogens with one attached hydrogen (secondary N) is 3. The van der Waals surface area contributed by atoms with Crippen molar-refractivity contribution in [1.29, 1.82) is 0 Å². The van der Waals surface area contributed by atoms with Crippen molar-refractivity contribution >= 4 is 21.7 Å². The van der Waals surface area contributed by atoms with Crippen molar-refractivity contribution in [1.82, 2.24) is 19.9 Å². The highest BCUT2D eigenvalue weighted by Crippen LogP contribution is 2.16. The molecule has 10 nitrogen and oxygen atoms in total. The lowest BCUT2D eigenvalue weighted by Crippen LogP contribution is -2.39. The standard InChI is InChI=1S/C17H24N6O4S/c1-2-18-17(20-10-13-22-11-3-4-12-22)19-8-9-21-28(26,27)16-7-5-6-15(14-16)23(24)25/h3-7,11-12,14,21H,2,8-10,13H2,1H3,(H2,18,19,20). The maximum atomic E-state index is 12.3. The molecule has 0 aliphatic carbocycles. The molecule has 28 heavy (non-hydrogen) atoms. The van der Waals surface area contributed by atoms with Gasteiger partial charge in [0.15, 0.2) is 5.96 Å². The van der Waals surface area contributed by atoms with Crippen LogP contribution in [0.3, 0.4) is 0 Å². The van der Waals surface area contributed by atoms with Crippen LogP contribution in [0.4, 0.5) is 5.69 Å². The highest BCUT2D eigenvalue weighted by molar-refractivity contribution is 7.89. The lowest BCUT2D eigenvalue weighted by Gasteiger charge is -2.12. The fourth-order valence-corrected chi connectivity index (χ4v) is 3.42. The topological polar surface area (TPSA) is 131 Å². The first kappa shape index (κ1) is 21.4. The number of sulfonamides is 1. The van der Waals surface area contributed by atoms with Gasteiger partial charge in [0.1, 0.15) is 0 Å². The first-order valence-corrected chi connectivity index (χ1v) is 10.3. The molecule has 0 aliphatic heterocycles. The van der Waals surface area contributed by atoms with E-state index in [1.165, 1.54) is 18.2 Å². The van der Waals surface area contributed by atoms with Crippen LogP contribution in [-0.2, 0) is 16.6 Å². The third kappa shape index (κ3) is 6.67. The summed E-state index contributed by atoms with van der Waals surface area (Å²) in [6.07, 6.45) is 3.93. The van der Waals surface area contributed by atoms with E-state index in [1.807, 2.05) is 36.0 Å². The van der Waals surface area contributed by atoms with Crippen LogP contribution in [0.25, 0.3) is 0 Å². The summed E-state index contributed by atoms with van der Waals surface area (Å²) in [7, 11) is -3.84. The Kier molecular flexibility index (Phi) is 7.96. The summed E-state index contributed by atoms with van der Waals surface area (Å²) in [5.41, 5.74) is -0.276. The van der Waals surface area contributed by atoms with Crippen LogP contribution in [0, 0.1) is 10.1 Å². The Morgan fingerprint density at radius 3 is 2.61 bits per heavy atom. The van der Waals surface area contributed by atoms with Gasteiger partial charge in [-0.1, -0.05) is 6.07 Å².